The largest absolute Gasteiger partial charge is 0.466 e. The van der Waals surface area contributed by atoms with E-state index in [0.29, 0.717) is 19.4 Å². The Kier molecular flexibility index (Phi) is 11.9. The maximum atomic E-state index is 11.0. The lowest BCUT2D eigenvalue weighted by Gasteiger charge is -1.97. The second-order valence-electron chi connectivity index (χ2n) is 3.88. The first-order chi connectivity index (χ1) is 8.31. The molecule has 0 aromatic rings. The zero-order chi connectivity index (χ0) is 12.8. The summed E-state index contributed by atoms with van der Waals surface area (Å²) in [6.45, 7) is 4.48. The summed E-state index contributed by atoms with van der Waals surface area (Å²) in [6, 6.07) is 0. The minimum atomic E-state index is -0.135. The second kappa shape index (κ2) is 12.8. The van der Waals surface area contributed by atoms with Crippen molar-refractivity contribution in [3.05, 3.63) is 12.2 Å². The number of rotatable bonds is 8. The Hall–Kier alpha value is -1.23. The lowest BCUT2D eigenvalue weighted by atomic mass is 10.1. The predicted molar refractivity (Wildman–Crippen MR) is 71.5 cm³/mol. The van der Waals surface area contributed by atoms with Crippen molar-refractivity contribution < 1.29 is 9.53 Å². The number of hydrogen-bond donors (Lipinski definition) is 0. The highest BCUT2D eigenvalue weighted by atomic mass is 16.5. The molecular formula is C15H24O2. The fourth-order valence-corrected chi connectivity index (χ4v) is 1.35. The van der Waals surface area contributed by atoms with Gasteiger partial charge >= 0.3 is 5.97 Å². The first kappa shape index (κ1) is 15.8. The molecule has 2 heteroatoms. The standard InChI is InChI=1S/C15H24O2/c1-3-5-6-7-8-9-10-11-12-13-14-15(16)17-4-2/h11-12H,3-8,13-14H2,1-2H3/b12-11+. The number of carbonyl (C=O) groups excluding carboxylic acids is 1. The van der Waals surface area contributed by atoms with E-state index in [1.807, 2.05) is 19.1 Å². The van der Waals surface area contributed by atoms with Crippen LogP contribution < -0.4 is 0 Å². The van der Waals surface area contributed by atoms with Gasteiger partial charge in [0, 0.05) is 12.8 Å². The highest BCUT2D eigenvalue weighted by molar-refractivity contribution is 5.69. The van der Waals surface area contributed by atoms with Gasteiger partial charge in [-0.05, 0) is 25.8 Å². The normalized spacial score (nSPS) is 10.0. The van der Waals surface area contributed by atoms with Crippen molar-refractivity contribution in [3.63, 3.8) is 0 Å². The average molecular weight is 236 g/mol. The highest BCUT2D eigenvalue weighted by Gasteiger charge is 1.97. The molecule has 96 valence electrons. The molecule has 0 bridgehead atoms. The monoisotopic (exact) mass is 236 g/mol. The molecule has 0 spiro atoms. The fourth-order valence-electron chi connectivity index (χ4n) is 1.35. The summed E-state index contributed by atoms with van der Waals surface area (Å²) in [5, 5.41) is 0. The zero-order valence-electron chi connectivity index (χ0n) is 11.1. The molecule has 0 rings (SSSR count). The molecule has 0 aliphatic rings. The molecule has 17 heavy (non-hydrogen) atoms. The third-order valence-electron chi connectivity index (χ3n) is 2.28. The van der Waals surface area contributed by atoms with E-state index in [1.54, 1.807) is 0 Å². The van der Waals surface area contributed by atoms with E-state index in [4.69, 9.17) is 4.74 Å². The summed E-state index contributed by atoms with van der Waals surface area (Å²) >= 11 is 0. The van der Waals surface area contributed by atoms with Gasteiger partial charge in [-0.3, -0.25) is 4.79 Å². The first-order valence-corrected chi connectivity index (χ1v) is 6.60. The Morgan fingerprint density at radius 1 is 1.24 bits per heavy atom. The molecule has 0 aromatic carbocycles. The van der Waals surface area contributed by atoms with Crippen LogP contribution in [0, 0.1) is 11.8 Å². The molecule has 2 nitrogen and oxygen atoms in total. The van der Waals surface area contributed by atoms with E-state index in [0.717, 1.165) is 6.42 Å². The zero-order valence-corrected chi connectivity index (χ0v) is 11.1. The molecule has 0 saturated heterocycles. The third kappa shape index (κ3) is 12.7. The maximum absolute atomic E-state index is 11.0. The van der Waals surface area contributed by atoms with Crippen molar-refractivity contribution in [2.24, 2.45) is 0 Å². The summed E-state index contributed by atoms with van der Waals surface area (Å²) in [5.74, 6) is 5.96. The van der Waals surface area contributed by atoms with Crippen LogP contribution in [0.25, 0.3) is 0 Å². The Balaban J connectivity index is 3.40. The Bertz CT molecular complexity index is 268. The Labute approximate surface area is 105 Å². The van der Waals surface area contributed by atoms with E-state index < -0.39 is 0 Å². The molecule has 0 fully saturated rings. The molecule has 0 amide bonds. The highest BCUT2D eigenvalue weighted by Crippen LogP contribution is 2.00. The molecular weight excluding hydrogens is 212 g/mol. The fraction of sp³-hybridized carbons (Fsp3) is 0.667. The van der Waals surface area contributed by atoms with Gasteiger partial charge in [0.05, 0.1) is 6.61 Å². The second-order valence-corrected chi connectivity index (χ2v) is 3.88. The number of carbonyl (C=O) groups is 1. The topological polar surface area (TPSA) is 26.3 Å². The van der Waals surface area contributed by atoms with Crippen LogP contribution in [0.1, 0.15) is 58.8 Å². The van der Waals surface area contributed by atoms with Crippen LogP contribution in [0.3, 0.4) is 0 Å². The number of ether oxygens (including phenoxy) is 1. The van der Waals surface area contributed by atoms with Crippen LogP contribution >= 0.6 is 0 Å². The number of esters is 1. The summed E-state index contributed by atoms with van der Waals surface area (Å²) in [6.07, 6.45) is 10.9. The summed E-state index contributed by atoms with van der Waals surface area (Å²) in [5.41, 5.74) is 0. The molecule has 0 N–H and O–H groups in total. The Morgan fingerprint density at radius 3 is 2.76 bits per heavy atom. The van der Waals surface area contributed by atoms with Gasteiger partial charge in [0.1, 0.15) is 0 Å². The first-order valence-electron chi connectivity index (χ1n) is 6.60. The molecule has 0 aliphatic carbocycles. The van der Waals surface area contributed by atoms with Crippen LogP contribution in [-0.2, 0) is 9.53 Å². The maximum Gasteiger partial charge on any atom is 0.306 e. The van der Waals surface area contributed by atoms with E-state index >= 15 is 0 Å². The quantitative estimate of drug-likeness (QED) is 0.363. The molecule has 0 atom stereocenters. The van der Waals surface area contributed by atoms with E-state index in [2.05, 4.69) is 18.8 Å². The van der Waals surface area contributed by atoms with Crippen LogP contribution in [-0.4, -0.2) is 12.6 Å². The summed E-state index contributed by atoms with van der Waals surface area (Å²) in [7, 11) is 0. The van der Waals surface area contributed by atoms with Crippen LogP contribution in [0.5, 0.6) is 0 Å². The number of unbranched alkanes of at least 4 members (excludes halogenated alkanes) is 4. The molecule has 0 unspecified atom stereocenters. The molecule has 0 heterocycles. The third-order valence-corrected chi connectivity index (χ3v) is 2.28. The van der Waals surface area contributed by atoms with Crippen LogP contribution in [0.4, 0.5) is 0 Å². The van der Waals surface area contributed by atoms with E-state index in [1.165, 1.54) is 25.7 Å². The lowest BCUT2D eigenvalue weighted by molar-refractivity contribution is -0.142. The van der Waals surface area contributed by atoms with Crippen molar-refractivity contribution in [1.29, 1.82) is 0 Å². The number of allylic oxidation sites excluding steroid dienone is 2. The van der Waals surface area contributed by atoms with Gasteiger partial charge in [0.15, 0.2) is 0 Å². The van der Waals surface area contributed by atoms with Gasteiger partial charge in [-0.25, -0.2) is 0 Å². The molecule has 0 saturated carbocycles. The number of hydrogen-bond acceptors (Lipinski definition) is 2. The van der Waals surface area contributed by atoms with Crippen molar-refractivity contribution >= 4 is 5.97 Å². The van der Waals surface area contributed by atoms with Gasteiger partial charge in [-0.2, -0.15) is 0 Å². The SMILES string of the molecule is CCCCCCC#C/C=C/CCC(=O)OCC. The van der Waals surface area contributed by atoms with E-state index in [-0.39, 0.29) is 5.97 Å². The van der Waals surface area contributed by atoms with Gasteiger partial charge in [0.25, 0.3) is 0 Å². The minimum absolute atomic E-state index is 0.135. The van der Waals surface area contributed by atoms with Gasteiger partial charge < -0.3 is 4.74 Å². The van der Waals surface area contributed by atoms with Gasteiger partial charge in [0.2, 0.25) is 0 Å². The van der Waals surface area contributed by atoms with Gasteiger partial charge in [-0.15, -0.1) is 0 Å². The van der Waals surface area contributed by atoms with Crippen molar-refractivity contribution in [1.82, 2.24) is 0 Å². The summed E-state index contributed by atoms with van der Waals surface area (Å²) in [4.78, 5) is 11.0. The smallest absolute Gasteiger partial charge is 0.306 e. The molecule has 0 aromatic heterocycles. The van der Waals surface area contributed by atoms with Gasteiger partial charge in [-0.1, -0.05) is 44.1 Å². The minimum Gasteiger partial charge on any atom is -0.466 e. The van der Waals surface area contributed by atoms with Crippen molar-refractivity contribution in [2.75, 3.05) is 6.61 Å². The molecule has 0 radical (unpaired) electrons. The predicted octanol–water partition coefficient (Wildman–Crippen LogP) is 3.86. The lowest BCUT2D eigenvalue weighted by Crippen LogP contribution is -2.02. The summed E-state index contributed by atoms with van der Waals surface area (Å²) < 4.78 is 4.82. The van der Waals surface area contributed by atoms with E-state index in [9.17, 15) is 4.79 Å². The Morgan fingerprint density at radius 2 is 2.06 bits per heavy atom. The van der Waals surface area contributed by atoms with Crippen molar-refractivity contribution in [3.8, 4) is 11.8 Å². The van der Waals surface area contributed by atoms with Crippen molar-refractivity contribution in [2.45, 2.75) is 58.8 Å². The average Bonchev–Trinajstić information content (AvgIpc) is 2.32. The van der Waals surface area contributed by atoms with Crippen LogP contribution in [0.15, 0.2) is 12.2 Å². The van der Waals surface area contributed by atoms with Crippen LogP contribution in [0.2, 0.25) is 0 Å². The molecule has 0 aliphatic heterocycles.